The lowest BCUT2D eigenvalue weighted by atomic mass is 10.2. The van der Waals surface area contributed by atoms with Gasteiger partial charge < -0.3 is 4.74 Å². The first-order chi connectivity index (χ1) is 13.1. The van der Waals surface area contributed by atoms with E-state index in [1.807, 2.05) is 22.7 Å². The standard InChI is InChI=1S/C19H14FIN4O2/c1-2-27-19(26)15-9-23-18(25(15)14-6-4-13(20)5-7-14)12-3-8-17-22-10-16(21)24(17)11-12/h3-11H,2H2,1H3. The van der Waals surface area contributed by atoms with Gasteiger partial charge in [0.25, 0.3) is 0 Å². The van der Waals surface area contributed by atoms with E-state index in [2.05, 4.69) is 32.6 Å². The first kappa shape index (κ1) is 17.7. The van der Waals surface area contributed by atoms with Gasteiger partial charge in [0.1, 0.15) is 21.0 Å². The molecular weight excluding hydrogens is 462 g/mol. The minimum atomic E-state index is -0.487. The molecule has 0 fully saturated rings. The maximum atomic E-state index is 13.4. The molecule has 3 aromatic heterocycles. The summed E-state index contributed by atoms with van der Waals surface area (Å²) >= 11 is 2.20. The van der Waals surface area contributed by atoms with Crippen LogP contribution >= 0.6 is 22.6 Å². The molecule has 0 saturated carbocycles. The Balaban J connectivity index is 1.92. The summed E-state index contributed by atoms with van der Waals surface area (Å²) in [6, 6.07) is 9.65. The Morgan fingerprint density at radius 2 is 1.93 bits per heavy atom. The van der Waals surface area contributed by atoms with Gasteiger partial charge in [-0.2, -0.15) is 0 Å². The highest BCUT2D eigenvalue weighted by molar-refractivity contribution is 14.1. The highest BCUT2D eigenvalue weighted by atomic mass is 127. The topological polar surface area (TPSA) is 61.4 Å². The molecule has 3 heterocycles. The first-order valence-electron chi connectivity index (χ1n) is 8.22. The molecule has 0 radical (unpaired) electrons. The van der Waals surface area contributed by atoms with Crippen LogP contribution in [0.15, 0.2) is 55.0 Å². The molecule has 0 unspecified atom stereocenters. The molecule has 1 aromatic carbocycles. The molecule has 0 atom stereocenters. The summed E-state index contributed by atoms with van der Waals surface area (Å²) < 4.78 is 23.1. The average molecular weight is 476 g/mol. The number of esters is 1. The maximum Gasteiger partial charge on any atom is 0.356 e. The van der Waals surface area contributed by atoms with E-state index in [-0.39, 0.29) is 18.1 Å². The molecule has 0 bridgehead atoms. The zero-order valence-corrected chi connectivity index (χ0v) is 16.4. The number of hydrogen-bond acceptors (Lipinski definition) is 4. The predicted octanol–water partition coefficient (Wildman–Crippen LogP) is 4.11. The van der Waals surface area contributed by atoms with E-state index in [9.17, 15) is 9.18 Å². The van der Waals surface area contributed by atoms with Gasteiger partial charge in [0, 0.05) is 17.4 Å². The Labute approximate surface area is 167 Å². The Morgan fingerprint density at radius 3 is 2.67 bits per heavy atom. The molecule has 8 heteroatoms. The molecule has 136 valence electrons. The van der Waals surface area contributed by atoms with E-state index in [0.717, 1.165) is 14.9 Å². The smallest absolute Gasteiger partial charge is 0.356 e. The molecule has 6 nitrogen and oxygen atoms in total. The number of imidazole rings is 2. The molecule has 4 rings (SSSR count). The van der Waals surface area contributed by atoms with E-state index in [1.54, 1.807) is 29.8 Å². The van der Waals surface area contributed by atoms with Gasteiger partial charge in [0.05, 0.1) is 19.0 Å². The van der Waals surface area contributed by atoms with Crippen LogP contribution in [0, 0.1) is 9.52 Å². The fraction of sp³-hybridized carbons (Fsp3) is 0.105. The van der Waals surface area contributed by atoms with Crippen molar-refractivity contribution in [3.05, 3.63) is 70.2 Å². The molecule has 0 aliphatic heterocycles. The van der Waals surface area contributed by atoms with Crippen molar-refractivity contribution in [1.82, 2.24) is 18.9 Å². The van der Waals surface area contributed by atoms with Crippen LogP contribution in [0.3, 0.4) is 0 Å². The molecule has 0 N–H and O–H groups in total. The highest BCUT2D eigenvalue weighted by Gasteiger charge is 2.20. The zero-order chi connectivity index (χ0) is 19.0. The summed E-state index contributed by atoms with van der Waals surface area (Å²) in [6.45, 7) is 1.99. The van der Waals surface area contributed by atoms with Gasteiger partial charge in [-0.1, -0.05) is 0 Å². The lowest BCUT2D eigenvalue weighted by Crippen LogP contribution is -2.12. The van der Waals surface area contributed by atoms with Crippen LogP contribution in [0.2, 0.25) is 0 Å². The fourth-order valence-electron chi connectivity index (χ4n) is 2.84. The van der Waals surface area contributed by atoms with Crippen molar-refractivity contribution in [3.63, 3.8) is 0 Å². The second kappa shape index (κ2) is 7.10. The largest absolute Gasteiger partial charge is 0.461 e. The van der Waals surface area contributed by atoms with E-state index < -0.39 is 5.97 Å². The molecule has 0 saturated heterocycles. The highest BCUT2D eigenvalue weighted by Crippen LogP contribution is 2.26. The normalized spacial score (nSPS) is 11.1. The second-order valence-corrected chi connectivity index (χ2v) is 6.83. The molecule has 4 aromatic rings. The minimum Gasteiger partial charge on any atom is -0.461 e. The van der Waals surface area contributed by atoms with Crippen LogP contribution in [-0.2, 0) is 4.74 Å². The number of hydrogen-bond donors (Lipinski definition) is 0. The van der Waals surface area contributed by atoms with Crippen molar-refractivity contribution in [2.45, 2.75) is 6.92 Å². The molecule has 0 aliphatic carbocycles. The molecule has 0 amide bonds. The summed E-state index contributed by atoms with van der Waals surface area (Å²) in [4.78, 5) is 21.2. The second-order valence-electron chi connectivity index (χ2n) is 5.73. The lowest BCUT2D eigenvalue weighted by Gasteiger charge is -2.12. The SMILES string of the molecule is CCOC(=O)c1cnc(-c2ccc3ncc(I)n3c2)n1-c1ccc(F)cc1. The Hall–Kier alpha value is -2.75. The van der Waals surface area contributed by atoms with Gasteiger partial charge in [0.15, 0.2) is 5.69 Å². The quantitative estimate of drug-likeness (QED) is 0.329. The average Bonchev–Trinajstić information content (AvgIpc) is 3.27. The number of pyridine rings is 1. The Morgan fingerprint density at radius 1 is 1.15 bits per heavy atom. The van der Waals surface area contributed by atoms with E-state index in [4.69, 9.17) is 4.74 Å². The summed E-state index contributed by atoms with van der Waals surface area (Å²) in [5.41, 5.74) is 2.50. The fourth-order valence-corrected chi connectivity index (χ4v) is 3.36. The number of halogens is 2. The number of rotatable bonds is 4. The Kier molecular flexibility index (Phi) is 4.65. The van der Waals surface area contributed by atoms with Crippen LogP contribution in [0.1, 0.15) is 17.4 Å². The van der Waals surface area contributed by atoms with Crippen molar-refractivity contribution >= 4 is 34.2 Å². The van der Waals surface area contributed by atoms with Gasteiger partial charge in [-0.15, -0.1) is 0 Å². The first-order valence-corrected chi connectivity index (χ1v) is 9.30. The third-order valence-electron chi connectivity index (χ3n) is 4.05. The van der Waals surface area contributed by atoms with Crippen LogP contribution in [-0.4, -0.2) is 31.5 Å². The van der Waals surface area contributed by atoms with E-state index >= 15 is 0 Å². The van der Waals surface area contributed by atoms with Crippen molar-refractivity contribution in [3.8, 4) is 17.1 Å². The summed E-state index contributed by atoms with van der Waals surface area (Å²) in [7, 11) is 0. The van der Waals surface area contributed by atoms with Crippen molar-refractivity contribution in [2.75, 3.05) is 6.61 Å². The summed E-state index contributed by atoms with van der Waals surface area (Å²) in [5.74, 6) is -0.289. The van der Waals surface area contributed by atoms with Gasteiger partial charge in [-0.25, -0.2) is 19.2 Å². The molecular formula is C19H14FIN4O2. The maximum absolute atomic E-state index is 13.4. The monoisotopic (exact) mass is 476 g/mol. The van der Waals surface area contributed by atoms with Gasteiger partial charge in [-0.05, 0) is 65.9 Å². The number of nitrogens with zero attached hydrogens (tertiary/aromatic N) is 4. The van der Waals surface area contributed by atoms with Crippen LogP contribution in [0.4, 0.5) is 4.39 Å². The Bertz CT molecular complexity index is 1130. The summed E-state index contributed by atoms with van der Waals surface area (Å²) in [5, 5.41) is 0. The van der Waals surface area contributed by atoms with Gasteiger partial charge in [0.2, 0.25) is 0 Å². The third-order valence-corrected chi connectivity index (χ3v) is 4.85. The van der Waals surface area contributed by atoms with Crippen molar-refractivity contribution in [1.29, 1.82) is 0 Å². The van der Waals surface area contributed by atoms with E-state index in [1.165, 1.54) is 18.3 Å². The molecule has 0 spiro atoms. The number of benzene rings is 1. The zero-order valence-electron chi connectivity index (χ0n) is 14.3. The number of carbonyl (C=O) groups excluding carboxylic acids is 1. The number of ether oxygens (including phenoxy) is 1. The van der Waals surface area contributed by atoms with Crippen LogP contribution in [0.25, 0.3) is 22.7 Å². The predicted molar refractivity (Wildman–Crippen MR) is 106 cm³/mol. The van der Waals surface area contributed by atoms with Crippen molar-refractivity contribution < 1.29 is 13.9 Å². The van der Waals surface area contributed by atoms with Crippen LogP contribution < -0.4 is 0 Å². The van der Waals surface area contributed by atoms with Crippen molar-refractivity contribution in [2.24, 2.45) is 0 Å². The van der Waals surface area contributed by atoms with Crippen LogP contribution in [0.5, 0.6) is 0 Å². The third kappa shape index (κ3) is 3.20. The number of fused-ring (bicyclic) bond motifs is 1. The van der Waals surface area contributed by atoms with E-state index in [0.29, 0.717) is 11.5 Å². The molecule has 0 aliphatic rings. The van der Waals surface area contributed by atoms with Gasteiger partial charge in [-0.3, -0.25) is 8.97 Å². The summed E-state index contributed by atoms with van der Waals surface area (Å²) in [6.07, 6.45) is 5.15. The lowest BCUT2D eigenvalue weighted by molar-refractivity contribution is 0.0517. The number of aromatic nitrogens is 4. The minimum absolute atomic E-state index is 0.252. The number of carbonyl (C=O) groups is 1. The molecule has 27 heavy (non-hydrogen) atoms. The van der Waals surface area contributed by atoms with Gasteiger partial charge >= 0.3 is 5.97 Å².